The number of nitrogens with one attached hydrogen (secondary N) is 1. The molecule has 2 rings (SSSR count). The molecule has 2 aromatic carbocycles. The number of halogens is 2. The van der Waals surface area contributed by atoms with Crippen LogP contribution >= 0.6 is 11.8 Å². The van der Waals surface area contributed by atoms with Crippen molar-refractivity contribution in [1.82, 2.24) is 0 Å². The third-order valence-corrected chi connectivity index (χ3v) is 3.85. The lowest BCUT2D eigenvalue weighted by atomic mass is 10.2. The highest BCUT2D eigenvalue weighted by Crippen LogP contribution is 2.23. The number of nitrogens with zero attached hydrogens (tertiary/aromatic N) is 1. The summed E-state index contributed by atoms with van der Waals surface area (Å²) in [5.74, 6) is -1.59. The number of benzene rings is 2. The fraction of sp³-hybridized carbons (Fsp3) is 0.167. The first-order valence-electron chi connectivity index (χ1n) is 7.57. The highest BCUT2D eigenvalue weighted by atomic mass is 32.2. The summed E-state index contributed by atoms with van der Waals surface area (Å²) in [6, 6.07) is 10.1. The Labute approximate surface area is 158 Å². The molecule has 0 bridgehead atoms. The molecular weight excluding hydrogens is 378 g/mol. The average Bonchev–Trinajstić information content (AvgIpc) is 2.62. The first kappa shape index (κ1) is 20.2. The van der Waals surface area contributed by atoms with Gasteiger partial charge in [0.1, 0.15) is 11.2 Å². The fourth-order valence-electron chi connectivity index (χ4n) is 2.09. The number of carbonyl (C=O) groups excluding carboxylic acids is 2. The van der Waals surface area contributed by atoms with Crippen LogP contribution in [0.25, 0.3) is 0 Å². The Bertz CT molecular complexity index is 884. The largest absolute Gasteiger partial charge is 0.452 e. The van der Waals surface area contributed by atoms with Gasteiger partial charge in [0.2, 0.25) is 0 Å². The molecule has 1 amide bonds. The molecule has 9 heteroatoms. The smallest absolute Gasteiger partial charge is 0.387 e. The van der Waals surface area contributed by atoms with Crippen molar-refractivity contribution in [2.24, 2.45) is 0 Å². The molecule has 0 saturated carbocycles. The molecule has 2 aromatic rings. The lowest BCUT2D eigenvalue weighted by Gasteiger charge is -2.10. The zero-order valence-corrected chi connectivity index (χ0v) is 14.9. The molecule has 0 heterocycles. The minimum absolute atomic E-state index is 0.0185. The molecule has 0 aliphatic carbocycles. The second-order valence-electron chi connectivity index (χ2n) is 5.20. The third-order valence-electron chi connectivity index (χ3n) is 3.26. The van der Waals surface area contributed by atoms with Gasteiger partial charge in [0.25, 0.3) is 5.91 Å². The highest BCUT2D eigenvalue weighted by Gasteiger charge is 2.13. The number of ether oxygens (including phenoxy) is 2. The first-order valence-corrected chi connectivity index (χ1v) is 8.39. The van der Waals surface area contributed by atoms with E-state index in [1.54, 1.807) is 25.1 Å². The molecule has 0 aliphatic heterocycles. The lowest BCUT2D eigenvalue weighted by molar-refractivity contribution is -0.119. The average molecular weight is 392 g/mol. The highest BCUT2D eigenvalue weighted by molar-refractivity contribution is 8.03. The van der Waals surface area contributed by atoms with Crippen LogP contribution in [0.4, 0.5) is 14.5 Å². The number of carbonyl (C=O) groups is 2. The summed E-state index contributed by atoms with van der Waals surface area (Å²) < 4.78 is 33.5. The van der Waals surface area contributed by atoms with Gasteiger partial charge in [-0.05, 0) is 60.6 Å². The van der Waals surface area contributed by atoms with Crippen LogP contribution in [0.15, 0.2) is 47.4 Å². The number of amides is 1. The van der Waals surface area contributed by atoms with Gasteiger partial charge in [-0.1, -0.05) is 6.07 Å². The van der Waals surface area contributed by atoms with Crippen molar-refractivity contribution < 1.29 is 27.8 Å². The number of esters is 1. The summed E-state index contributed by atoms with van der Waals surface area (Å²) in [6.07, 6.45) is 0. The van der Waals surface area contributed by atoms with Gasteiger partial charge in [0, 0.05) is 10.6 Å². The van der Waals surface area contributed by atoms with Gasteiger partial charge in [-0.3, -0.25) is 4.79 Å². The van der Waals surface area contributed by atoms with Crippen LogP contribution in [-0.4, -0.2) is 25.1 Å². The van der Waals surface area contributed by atoms with Gasteiger partial charge in [0.05, 0.1) is 5.56 Å². The van der Waals surface area contributed by atoms with Gasteiger partial charge >= 0.3 is 12.6 Å². The molecular formula is C18H14F2N2O4S. The molecule has 1 N–H and O–H groups in total. The van der Waals surface area contributed by atoms with E-state index in [0.717, 1.165) is 28.3 Å². The number of thioether (sulfide) groups is 1. The number of hydrogen-bond acceptors (Lipinski definition) is 6. The van der Waals surface area contributed by atoms with E-state index in [1.165, 1.54) is 18.2 Å². The number of thiocyanates is 1. The molecule has 0 radical (unpaired) electrons. The van der Waals surface area contributed by atoms with Crippen LogP contribution < -0.4 is 10.1 Å². The molecule has 6 nitrogen and oxygen atoms in total. The Hall–Kier alpha value is -3.12. The number of alkyl halides is 2. The summed E-state index contributed by atoms with van der Waals surface area (Å²) in [5.41, 5.74) is 1.24. The molecule has 140 valence electrons. The third kappa shape index (κ3) is 6.27. The van der Waals surface area contributed by atoms with Gasteiger partial charge in [0.15, 0.2) is 6.61 Å². The molecule has 0 fully saturated rings. The fourth-order valence-corrected chi connectivity index (χ4v) is 2.57. The van der Waals surface area contributed by atoms with Gasteiger partial charge < -0.3 is 14.8 Å². The van der Waals surface area contributed by atoms with Crippen molar-refractivity contribution in [2.75, 3.05) is 11.9 Å². The quantitative estimate of drug-likeness (QED) is 0.436. The Morgan fingerprint density at radius 1 is 1.26 bits per heavy atom. The van der Waals surface area contributed by atoms with Crippen molar-refractivity contribution in [2.45, 2.75) is 18.4 Å². The van der Waals surface area contributed by atoms with Gasteiger partial charge in [-0.15, -0.1) is 0 Å². The van der Waals surface area contributed by atoms with Crippen LogP contribution in [0.3, 0.4) is 0 Å². The van der Waals surface area contributed by atoms with Gasteiger partial charge in [-0.25, -0.2) is 4.79 Å². The number of nitriles is 1. The summed E-state index contributed by atoms with van der Waals surface area (Å²) in [5, 5.41) is 13.2. The van der Waals surface area contributed by atoms with E-state index < -0.39 is 25.1 Å². The maximum atomic E-state index is 12.2. The Morgan fingerprint density at radius 3 is 2.70 bits per heavy atom. The Morgan fingerprint density at radius 2 is 2.04 bits per heavy atom. The number of anilines is 1. The van der Waals surface area contributed by atoms with E-state index >= 15 is 0 Å². The van der Waals surface area contributed by atoms with Crippen LogP contribution in [0.2, 0.25) is 0 Å². The summed E-state index contributed by atoms with van der Waals surface area (Å²) in [7, 11) is 0. The number of hydrogen-bond donors (Lipinski definition) is 1. The number of rotatable bonds is 7. The monoisotopic (exact) mass is 392 g/mol. The van der Waals surface area contributed by atoms with Crippen molar-refractivity contribution in [1.29, 1.82) is 5.26 Å². The molecule has 0 saturated heterocycles. The van der Waals surface area contributed by atoms with E-state index in [-0.39, 0.29) is 11.3 Å². The molecule has 27 heavy (non-hydrogen) atoms. The standard InChI is InChI=1S/C18H14F2N2O4S/c1-11-7-14(27-10-21)5-6-15(11)22-16(23)9-25-17(24)12-3-2-4-13(8-12)26-18(19)20/h2-8,18H,9H2,1H3,(H,22,23). The zero-order chi connectivity index (χ0) is 19.8. The second kappa shape index (κ2) is 9.54. The van der Waals surface area contributed by atoms with E-state index in [0.29, 0.717) is 5.69 Å². The first-order chi connectivity index (χ1) is 12.9. The van der Waals surface area contributed by atoms with Crippen LogP contribution in [0.5, 0.6) is 5.75 Å². The van der Waals surface area contributed by atoms with Gasteiger partial charge in [-0.2, -0.15) is 14.0 Å². The van der Waals surface area contributed by atoms with Crippen LogP contribution in [-0.2, 0) is 9.53 Å². The van der Waals surface area contributed by atoms with E-state index in [1.807, 2.05) is 5.40 Å². The zero-order valence-electron chi connectivity index (χ0n) is 14.1. The molecule has 0 aromatic heterocycles. The lowest BCUT2D eigenvalue weighted by Crippen LogP contribution is -2.21. The predicted octanol–water partition coefficient (Wildman–Crippen LogP) is 3.97. The molecule has 0 atom stereocenters. The minimum Gasteiger partial charge on any atom is -0.452 e. The van der Waals surface area contributed by atoms with E-state index in [2.05, 4.69) is 10.1 Å². The van der Waals surface area contributed by atoms with Crippen molar-refractivity contribution in [3.63, 3.8) is 0 Å². The van der Waals surface area contributed by atoms with Crippen molar-refractivity contribution in [3.8, 4) is 11.2 Å². The topological polar surface area (TPSA) is 88.4 Å². The SMILES string of the molecule is Cc1cc(SC#N)ccc1NC(=O)COC(=O)c1cccc(OC(F)F)c1. The molecule has 0 aliphatic rings. The minimum atomic E-state index is -3.01. The number of aryl methyl sites for hydroxylation is 1. The summed E-state index contributed by atoms with van der Waals surface area (Å²) >= 11 is 1.000. The maximum Gasteiger partial charge on any atom is 0.387 e. The maximum absolute atomic E-state index is 12.2. The molecule has 0 spiro atoms. The van der Waals surface area contributed by atoms with E-state index in [4.69, 9.17) is 10.00 Å². The Kier molecular flexibility index (Phi) is 7.14. The Balaban J connectivity index is 1.92. The normalized spacial score (nSPS) is 10.2. The van der Waals surface area contributed by atoms with E-state index in [9.17, 15) is 18.4 Å². The van der Waals surface area contributed by atoms with Crippen molar-refractivity contribution in [3.05, 3.63) is 53.6 Å². The second-order valence-corrected chi connectivity index (χ2v) is 6.06. The van der Waals surface area contributed by atoms with Crippen LogP contribution in [0, 0.1) is 17.6 Å². The summed E-state index contributed by atoms with van der Waals surface area (Å²) in [6.45, 7) is -1.80. The summed E-state index contributed by atoms with van der Waals surface area (Å²) in [4.78, 5) is 24.6. The van der Waals surface area contributed by atoms with Crippen LogP contribution in [0.1, 0.15) is 15.9 Å². The predicted molar refractivity (Wildman–Crippen MR) is 94.6 cm³/mol. The molecule has 0 unspecified atom stereocenters. The van der Waals surface area contributed by atoms with Crippen molar-refractivity contribution >= 4 is 29.3 Å².